The maximum atomic E-state index is 13.6. The van der Waals surface area contributed by atoms with Gasteiger partial charge in [-0.15, -0.1) is 0 Å². The maximum absolute atomic E-state index is 13.6. The Labute approximate surface area is 147 Å². The van der Waals surface area contributed by atoms with Gasteiger partial charge in [-0.2, -0.15) is 0 Å². The zero-order valence-corrected chi connectivity index (χ0v) is 14.1. The van der Waals surface area contributed by atoms with E-state index in [1.165, 1.54) is 12.1 Å². The van der Waals surface area contributed by atoms with Crippen LogP contribution in [0.4, 0.5) is 4.39 Å². The van der Waals surface area contributed by atoms with Gasteiger partial charge in [-0.1, -0.05) is 23.2 Å². The van der Waals surface area contributed by atoms with Crippen molar-refractivity contribution in [3.63, 3.8) is 0 Å². The summed E-state index contributed by atoms with van der Waals surface area (Å²) in [5, 5.41) is 0.268. The minimum atomic E-state index is -0.599. The summed E-state index contributed by atoms with van der Waals surface area (Å²) in [5.41, 5.74) is 6.00. The minimum absolute atomic E-state index is 0.0497. The number of aromatic nitrogens is 1. The molecule has 0 unspecified atom stereocenters. The third kappa shape index (κ3) is 2.83. The molecule has 128 valence electrons. The summed E-state index contributed by atoms with van der Waals surface area (Å²) in [5.74, 6) is -1.06. The first-order valence-corrected chi connectivity index (χ1v) is 8.12. The number of benzene rings is 1. The average Bonchev–Trinajstić information content (AvgIpc) is 2.94. The van der Waals surface area contributed by atoms with Crippen molar-refractivity contribution < 1.29 is 14.0 Å². The molecule has 1 saturated heterocycles. The number of fused-ring (bicyclic) bond motifs is 1. The lowest BCUT2D eigenvalue weighted by atomic mass is 10.2. The Kier molecular flexibility index (Phi) is 4.67. The Hall–Kier alpha value is -1.83. The van der Waals surface area contributed by atoms with Crippen LogP contribution in [0.1, 0.15) is 10.5 Å². The number of nitrogens with zero attached hydrogens (tertiary/aromatic N) is 2. The van der Waals surface area contributed by atoms with Crippen molar-refractivity contribution in [2.45, 2.75) is 0 Å². The molecule has 0 bridgehead atoms. The summed E-state index contributed by atoms with van der Waals surface area (Å²) in [7, 11) is 0. The first kappa shape index (κ1) is 17.0. The van der Waals surface area contributed by atoms with Crippen LogP contribution in [0.15, 0.2) is 12.1 Å². The van der Waals surface area contributed by atoms with E-state index in [0.29, 0.717) is 37.1 Å². The molecular formula is C15H15Cl2FN4O2. The molecule has 2 amide bonds. The fraction of sp³-hybridized carbons (Fsp3) is 0.333. The van der Waals surface area contributed by atoms with Gasteiger partial charge in [0.25, 0.3) is 5.91 Å². The Balaban J connectivity index is 1.84. The summed E-state index contributed by atoms with van der Waals surface area (Å²) in [6, 6.07) is 2.69. The molecule has 3 rings (SSSR count). The largest absolute Gasteiger partial charge is 0.349 e. The smallest absolute Gasteiger partial charge is 0.271 e. The van der Waals surface area contributed by atoms with Crippen LogP contribution >= 0.6 is 23.2 Å². The second-order valence-electron chi connectivity index (χ2n) is 5.48. The molecule has 2 aromatic rings. The van der Waals surface area contributed by atoms with E-state index in [-0.39, 0.29) is 34.1 Å². The van der Waals surface area contributed by atoms with Crippen LogP contribution in [0.3, 0.4) is 0 Å². The normalized spacial score (nSPS) is 15.2. The molecule has 1 aliphatic rings. The highest BCUT2D eigenvalue weighted by Crippen LogP contribution is 2.35. The van der Waals surface area contributed by atoms with Crippen LogP contribution in [0.25, 0.3) is 10.9 Å². The second-order valence-corrected chi connectivity index (χ2v) is 6.23. The van der Waals surface area contributed by atoms with Gasteiger partial charge in [0.2, 0.25) is 5.91 Å². The quantitative estimate of drug-likeness (QED) is 0.843. The average molecular weight is 373 g/mol. The van der Waals surface area contributed by atoms with Crippen LogP contribution in [-0.4, -0.2) is 59.3 Å². The van der Waals surface area contributed by atoms with Crippen LogP contribution in [-0.2, 0) is 4.79 Å². The maximum Gasteiger partial charge on any atom is 0.271 e. The predicted molar refractivity (Wildman–Crippen MR) is 89.8 cm³/mol. The van der Waals surface area contributed by atoms with Crippen LogP contribution < -0.4 is 5.73 Å². The van der Waals surface area contributed by atoms with Gasteiger partial charge >= 0.3 is 0 Å². The number of nitrogens with one attached hydrogen (secondary N) is 1. The molecular weight excluding hydrogens is 358 g/mol. The predicted octanol–water partition coefficient (Wildman–Crippen LogP) is 1.86. The molecule has 1 aliphatic heterocycles. The number of amides is 2. The minimum Gasteiger partial charge on any atom is -0.349 e. The molecule has 3 N–H and O–H groups in total. The lowest BCUT2D eigenvalue weighted by Gasteiger charge is -2.34. The number of hydrogen-bond donors (Lipinski definition) is 2. The lowest BCUT2D eigenvalue weighted by Crippen LogP contribution is -2.52. The van der Waals surface area contributed by atoms with E-state index in [2.05, 4.69) is 4.98 Å². The van der Waals surface area contributed by atoms with Crippen molar-refractivity contribution in [3.8, 4) is 0 Å². The zero-order valence-electron chi connectivity index (χ0n) is 12.6. The molecule has 0 aliphatic carbocycles. The van der Waals surface area contributed by atoms with Crippen molar-refractivity contribution >= 4 is 45.9 Å². The molecule has 1 aromatic heterocycles. The van der Waals surface area contributed by atoms with Gasteiger partial charge in [0.1, 0.15) is 11.5 Å². The van der Waals surface area contributed by atoms with Gasteiger partial charge in [0, 0.05) is 37.1 Å². The monoisotopic (exact) mass is 372 g/mol. The number of carbonyl (C=O) groups excluding carboxylic acids is 2. The topological polar surface area (TPSA) is 82.4 Å². The molecule has 0 radical (unpaired) electrons. The SMILES string of the molecule is NCC(=O)N1CCN(C(=O)c2[nH]c3ccc(F)c(Cl)c3c2Cl)CC1. The van der Waals surface area contributed by atoms with Crippen molar-refractivity contribution in [2.75, 3.05) is 32.7 Å². The van der Waals surface area contributed by atoms with Gasteiger partial charge in [-0.25, -0.2) is 4.39 Å². The van der Waals surface area contributed by atoms with E-state index in [0.717, 1.165) is 0 Å². The molecule has 1 aromatic carbocycles. The highest BCUT2D eigenvalue weighted by atomic mass is 35.5. The van der Waals surface area contributed by atoms with Gasteiger partial charge in [-0.3, -0.25) is 9.59 Å². The second kappa shape index (κ2) is 6.58. The Morgan fingerprint density at radius 2 is 1.75 bits per heavy atom. The number of aromatic amines is 1. The highest BCUT2D eigenvalue weighted by molar-refractivity contribution is 6.44. The molecule has 24 heavy (non-hydrogen) atoms. The third-order valence-corrected chi connectivity index (χ3v) is 4.85. The van der Waals surface area contributed by atoms with E-state index in [1.54, 1.807) is 9.80 Å². The Bertz CT molecular complexity index is 815. The molecule has 2 heterocycles. The highest BCUT2D eigenvalue weighted by Gasteiger charge is 2.28. The Morgan fingerprint density at radius 1 is 1.12 bits per heavy atom. The van der Waals surface area contributed by atoms with E-state index in [9.17, 15) is 14.0 Å². The summed E-state index contributed by atoms with van der Waals surface area (Å²) in [4.78, 5) is 30.3. The number of halogens is 3. The van der Waals surface area contributed by atoms with Crippen LogP contribution in [0.5, 0.6) is 0 Å². The molecule has 6 nitrogen and oxygen atoms in total. The van der Waals surface area contributed by atoms with E-state index in [4.69, 9.17) is 28.9 Å². The number of rotatable bonds is 2. The number of H-pyrrole nitrogens is 1. The van der Waals surface area contributed by atoms with Gasteiger partial charge in [-0.05, 0) is 12.1 Å². The fourth-order valence-corrected chi connectivity index (χ4v) is 3.41. The molecule has 0 saturated carbocycles. The van der Waals surface area contributed by atoms with E-state index in [1.807, 2.05) is 0 Å². The summed E-state index contributed by atoms with van der Waals surface area (Å²) >= 11 is 12.2. The molecule has 1 fully saturated rings. The summed E-state index contributed by atoms with van der Waals surface area (Å²) in [6.07, 6.45) is 0. The van der Waals surface area contributed by atoms with Gasteiger partial charge in [0.05, 0.1) is 16.6 Å². The third-order valence-electron chi connectivity index (χ3n) is 4.10. The molecule has 0 atom stereocenters. The first-order valence-electron chi connectivity index (χ1n) is 7.36. The van der Waals surface area contributed by atoms with E-state index < -0.39 is 5.82 Å². The Morgan fingerprint density at radius 3 is 2.38 bits per heavy atom. The van der Waals surface area contributed by atoms with Gasteiger partial charge < -0.3 is 20.5 Å². The van der Waals surface area contributed by atoms with Crippen LogP contribution in [0, 0.1) is 5.82 Å². The summed E-state index contributed by atoms with van der Waals surface area (Å²) < 4.78 is 13.6. The van der Waals surface area contributed by atoms with Gasteiger partial charge in [0.15, 0.2) is 0 Å². The van der Waals surface area contributed by atoms with E-state index >= 15 is 0 Å². The number of piperazine rings is 1. The number of carbonyl (C=O) groups is 2. The van der Waals surface area contributed by atoms with Crippen molar-refractivity contribution in [2.24, 2.45) is 5.73 Å². The number of hydrogen-bond acceptors (Lipinski definition) is 3. The van der Waals surface area contributed by atoms with Crippen molar-refractivity contribution in [3.05, 3.63) is 33.7 Å². The number of nitrogens with two attached hydrogens (primary N) is 1. The first-order chi connectivity index (χ1) is 11.4. The zero-order chi connectivity index (χ0) is 17.4. The summed E-state index contributed by atoms with van der Waals surface area (Å²) in [6.45, 7) is 1.52. The lowest BCUT2D eigenvalue weighted by molar-refractivity contribution is -0.131. The van der Waals surface area contributed by atoms with Crippen LogP contribution in [0.2, 0.25) is 10.0 Å². The standard InChI is InChI=1S/C15H15Cl2FN4O2/c16-12-8(18)1-2-9-11(12)13(17)14(20-9)15(24)22-5-3-21(4-6-22)10(23)7-19/h1-2,20H,3-7,19H2. The van der Waals surface area contributed by atoms with Crippen molar-refractivity contribution in [1.29, 1.82) is 0 Å². The molecule has 9 heteroatoms. The molecule has 0 spiro atoms. The van der Waals surface area contributed by atoms with Crippen molar-refractivity contribution in [1.82, 2.24) is 14.8 Å². The fourth-order valence-electron chi connectivity index (χ4n) is 2.78.